The van der Waals surface area contributed by atoms with Gasteiger partial charge in [-0.05, 0) is 24.5 Å². The second-order valence-electron chi connectivity index (χ2n) is 15.4. The molecule has 3 aliphatic rings. The van der Waals surface area contributed by atoms with Gasteiger partial charge in [-0.3, -0.25) is 29.0 Å². The summed E-state index contributed by atoms with van der Waals surface area (Å²) in [4.78, 5) is 84.9. The summed E-state index contributed by atoms with van der Waals surface area (Å²) in [6.07, 6.45) is -7.80. The molecule has 286 valence electrons. The number of ketones is 1. The maximum Gasteiger partial charge on any atom is 0.340 e. The molecule has 1 aromatic rings. The maximum absolute atomic E-state index is 14.6. The monoisotopic (exact) mass is 729 g/mol. The van der Waals surface area contributed by atoms with E-state index in [1.807, 2.05) is 0 Å². The lowest BCUT2D eigenvalue weighted by Gasteiger charge is -2.45. The Morgan fingerprint density at radius 3 is 2.04 bits per heavy atom. The van der Waals surface area contributed by atoms with E-state index in [-0.39, 0.29) is 17.6 Å². The summed E-state index contributed by atoms with van der Waals surface area (Å²) in [7, 11) is 0. The van der Waals surface area contributed by atoms with E-state index < -0.39 is 119 Å². The van der Waals surface area contributed by atoms with Gasteiger partial charge < -0.3 is 33.5 Å². The smallest absolute Gasteiger partial charge is 0.340 e. The number of pyridine rings is 1. The Morgan fingerprint density at radius 1 is 0.904 bits per heavy atom. The predicted octanol–water partition coefficient (Wildman–Crippen LogP) is 3.56. The van der Waals surface area contributed by atoms with Crippen LogP contribution in [0, 0.1) is 35.0 Å². The van der Waals surface area contributed by atoms with Crippen LogP contribution in [-0.4, -0.2) is 94.0 Å². The molecular formula is C38H51NO13. The second kappa shape index (κ2) is 15.4. The number of aliphatic hydroxyl groups excluding tert-OH is 1. The average molecular weight is 730 g/mol. The molecule has 0 aromatic carbocycles. The highest BCUT2D eigenvalue weighted by Gasteiger charge is 2.70. The first kappa shape index (κ1) is 40.6. The minimum absolute atomic E-state index is 0.00904. The lowest BCUT2D eigenvalue weighted by atomic mass is 9.70. The van der Waals surface area contributed by atoms with E-state index in [0.29, 0.717) is 0 Å². The third kappa shape index (κ3) is 7.64. The molecule has 1 N–H and O–H groups in total. The Labute approximate surface area is 303 Å². The van der Waals surface area contributed by atoms with Gasteiger partial charge >= 0.3 is 29.8 Å². The van der Waals surface area contributed by atoms with Crippen molar-refractivity contribution in [3.63, 3.8) is 0 Å². The molecule has 14 heteroatoms. The number of fused-ring (bicyclic) bond motifs is 1. The molecule has 11 atom stereocenters. The van der Waals surface area contributed by atoms with Crippen LogP contribution in [0.2, 0.25) is 0 Å². The minimum atomic E-state index is -1.79. The van der Waals surface area contributed by atoms with Crippen molar-refractivity contribution < 1.29 is 62.3 Å². The summed E-state index contributed by atoms with van der Waals surface area (Å²) in [5.74, 6) is -8.62. The predicted molar refractivity (Wildman–Crippen MR) is 182 cm³/mol. The first-order chi connectivity index (χ1) is 24.1. The molecule has 2 saturated heterocycles. The molecule has 4 rings (SSSR count). The first-order valence-electron chi connectivity index (χ1n) is 17.6. The van der Waals surface area contributed by atoms with Crippen molar-refractivity contribution in [3.8, 4) is 0 Å². The number of aromatic nitrogens is 1. The average Bonchev–Trinajstić information content (AvgIpc) is 3.48. The van der Waals surface area contributed by atoms with Crippen LogP contribution in [0.1, 0.15) is 86.0 Å². The summed E-state index contributed by atoms with van der Waals surface area (Å²) < 4.78 is 36.8. The van der Waals surface area contributed by atoms with Gasteiger partial charge in [0.05, 0.1) is 35.5 Å². The number of carbonyl (C=O) groups excluding carboxylic acids is 6. The van der Waals surface area contributed by atoms with Crippen molar-refractivity contribution in [2.75, 3.05) is 0 Å². The van der Waals surface area contributed by atoms with Gasteiger partial charge in [0.1, 0.15) is 17.8 Å². The zero-order valence-electron chi connectivity index (χ0n) is 31.4. The van der Waals surface area contributed by atoms with E-state index >= 15 is 0 Å². The molecule has 1 unspecified atom stereocenters. The van der Waals surface area contributed by atoms with Crippen LogP contribution in [0.4, 0.5) is 0 Å². The first-order valence-corrected chi connectivity index (χ1v) is 17.6. The fourth-order valence-corrected chi connectivity index (χ4v) is 7.60. The number of esters is 5. The third-order valence-electron chi connectivity index (χ3n) is 10.4. The van der Waals surface area contributed by atoms with Gasteiger partial charge in [-0.25, -0.2) is 4.79 Å². The molecule has 1 spiro atoms. The van der Waals surface area contributed by atoms with Crippen molar-refractivity contribution in [2.45, 2.75) is 124 Å². The van der Waals surface area contributed by atoms with Gasteiger partial charge in [-0.1, -0.05) is 62.0 Å². The molecule has 3 heterocycles. The molecule has 2 bridgehead atoms. The van der Waals surface area contributed by atoms with Crippen LogP contribution < -0.4 is 0 Å². The van der Waals surface area contributed by atoms with Crippen LogP contribution in [0.15, 0.2) is 36.7 Å². The Morgan fingerprint density at radius 2 is 1.50 bits per heavy atom. The molecule has 1 aliphatic carbocycles. The van der Waals surface area contributed by atoms with Gasteiger partial charge in [0.25, 0.3) is 0 Å². The molecule has 1 aromatic heterocycles. The zero-order valence-corrected chi connectivity index (χ0v) is 31.4. The quantitative estimate of drug-likeness (QED) is 0.232. The van der Waals surface area contributed by atoms with Crippen molar-refractivity contribution in [3.05, 3.63) is 42.2 Å². The summed E-state index contributed by atoms with van der Waals surface area (Å²) >= 11 is 0. The van der Waals surface area contributed by atoms with Crippen LogP contribution in [-0.2, 0) is 52.4 Å². The number of nitrogens with zero attached hydrogens (tertiary/aromatic N) is 1. The lowest BCUT2D eigenvalue weighted by Crippen LogP contribution is -2.59. The number of rotatable bonds is 8. The van der Waals surface area contributed by atoms with E-state index in [2.05, 4.69) is 11.6 Å². The standard InChI is InChI=1S/C38H51NO13/c1-17(2)34(44)49-28-20(6)27(48-23(9)41)25-26(47-22(8)40)19(5)15-38(25)31(42)21(7)29(52-38)32(43)37(10,11)33(30(28)50-35(45)18(3)4)51-36(46)24-13-12-14-39-16-24/h12-14,16-19,21,25-30,32-33,43H,6,15H2,1-5,7-11H3/t19-,21-,25+,26-,27?,28-,29-,30+,32+,33+,38+/m0/s1. The highest BCUT2D eigenvalue weighted by atomic mass is 16.6. The zero-order chi connectivity index (χ0) is 39.0. The second-order valence-corrected chi connectivity index (χ2v) is 15.4. The number of Topliss-reactive ketones (excluding diaryl/α,β-unsaturated/α-hetero) is 1. The van der Waals surface area contributed by atoms with Gasteiger partial charge in [0, 0.05) is 43.1 Å². The molecular weight excluding hydrogens is 678 g/mol. The fraction of sp³-hybridized carbons (Fsp3) is 0.658. The largest absolute Gasteiger partial charge is 0.462 e. The number of hydrogen-bond donors (Lipinski definition) is 1. The normalized spacial score (nSPS) is 34.2. The van der Waals surface area contributed by atoms with Crippen LogP contribution >= 0.6 is 0 Å². The molecule has 14 nitrogen and oxygen atoms in total. The molecule has 2 aliphatic heterocycles. The summed E-state index contributed by atoms with van der Waals surface area (Å²) in [6, 6.07) is 2.97. The van der Waals surface area contributed by atoms with Crippen molar-refractivity contribution in [1.82, 2.24) is 4.98 Å². The van der Waals surface area contributed by atoms with E-state index in [9.17, 15) is 33.9 Å². The summed E-state index contributed by atoms with van der Waals surface area (Å²) in [5.41, 5.74) is -3.55. The number of carbonyl (C=O) groups is 6. The maximum atomic E-state index is 14.6. The third-order valence-corrected chi connectivity index (χ3v) is 10.4. The number of ether oxygens (including phenoxy) is 6. The topological polar surface area (TPSA) is 191 Å². The van der Waals surface area contributed by atoms with Crippen molar-refractivity contribution in [2.24, 2.45) is 35.0 Å². The Bertz CT molecular complexity index is 1570. The highest BCUT2D eigenvalue weighted by molar-refractivity contribution is 5.93. The Balaban J connectivity index is 2.09. The van der Waals surface area contributed by atoms with E-state index in [0.717, 1.165) is 6.92 Å². The SMILES string of the molecule is C=C1C(OC(C)=O)[C@H]2[C@@H](OC(C)=O)[C@@H](C)C[C@@]23O[C@@H]([C@H](C)C3=O)[C@@H](O)C(C)(C)[C@H](OC(=O)c2cccnc2)[C@H](OC(=O)C(C)C)[C@H]1OC(=O)C(C)C. The van der Waals surface area contributed by atoms with Gasteiger partial charge in [0.15, 0.2) is 24.1 Å². The molecule has 3 fully saturated rings. The Hall–Kier alpha value is -4.17. The number of aliphatic hydroxyl groups is 1. The van der Waals surface area contributed by atoms with Crippen LogP contribution in [0.5, 0.6) is 0 Å². The fourth-order valence-electron chi connectivity index (χ4n) is 7.60. The van der Waals surface area contributed by atoms with E-state index in [4.69, 9.17) is 28.4 Å². The highest BCUT2D eigenvalue weighted by Crippen LogP contribution is 2.56. The van der Waals surface area contributed by atoms with Crippen LogP contribution in [0.3, 0.4) is 0 Å². The molecule has 0 amide bonds. The van der Waals surface area contributed by atoms with Crippen LogP contribution in [0.25, 0.3) is 0 Å². The summed E-state index contributed by atoms with van der Waals surface area (Å²) in [5, 5.41) is 12.3. The van der Waals surface area contributed by atoms with Crippen molar-refractivity contribution in [1.29, 1.82) is 0 Å². The molecule has 52 heavy (non-hydrogen) atoms. The van der Waals surface area contributed by atoms with Crippen molar-refractivity contribution >= 4 is 35.6 Å². The number of hydrogen-bond acceptors (Lipinski definition) is 14. The van der Waals surface area contributed by atoms with Gasteiger partial charge in [-0.15, -0.1) is 0 Å². The van der Waals surface area contributed by atoms with Gasteiger partial charge in [-0.2, -0.15) is 0 Å². The lowest BCUT2D eigenvalue weighted by molar-refractivity contribution is -0.200. The van der Waals surface area contributed by atoms with E-state index in [1.165, 1.54) is 31.5 Å². The molecule has 0 radical (unpaired) electrons. The molecule has 1 saturated carbocycles. The van der Waals surface area contributed by atoms with Gasteiger partial charge in [0.2, 0.25) is 0 Å². The minimum Gasteiger partial charge on any atom is -0.462 e. The van der Waals surface area contributed by atoms with E-state index in [1.54, 1.807) is 55.4 Å². The summed E-state index contributed by atoms with van der Waals surface area (Å²) in [6.45, 7) is 19.3. The Kier molecular flexibility index (Phi) is 12.1.